The van der Waals surface area contributed by atoms with Gasteiger partial charge < -0.3 is 4.57 Å². The Bertz CT molecular complexity index is 3340. The van der Waals surface area contributed by atoms with E-state index in [1.54, 1.807) is 0 Å². The van der Waals surface area contributed by atoms with Crippen LogP contribution < -0.4 is 16.4 Å². The summed E-state index contributed by atoms with van der Waals surface area (Å²) in [5, 5.41) is 10.4. The quantitative estimate of drug-likeness (QED) is 0.127. The third-order valence-corrected chi connectivity index (χ3v) is 12.2. The Morgan fingerprint density at radius 2 is 0.821 bits per heavy atom. The molecule has 258 valence electrons. The second kappa shape index (κ2) is 12.2. The SMILES string of the molecule is c1ccc(-n2c3ccccc3c3cc(-c4ccc5c(c4)-c4ccccc4B5c4cccc(-c5ccc6c7ccccc7c7ccccc7c6c5)c4)ccc32)cc1. The molecule has 0 bridgehead atoms. The van der Waals surface area contributed by atoms with Crippen molar-refractivity contribution in [3.63, 3.8) is 0 Å². The fourth-order valence-corrected chi connectivity index (χ4v) is 9.73. The molecule has 0 spiro atoms. The molecule has 0 N–H and O–H groups in total. The second-order valence-corrected chi connectivity index (χ2v) is 15.2. The lowest BCUT2D eigenvalue weighted by molar-refractivity contribution is 1.18. The van der Waals surface area contributed by atoms with Crippen molar-refractivity contribution in [1.82, 2.24) is 4.57 Å². The van der Waals surface area contributed by atoms with Crippen molar-refractivity contribution in [3.05, 3.63) is 206 Å². The minimum atomic E-state index is 0.159. The summed E-state index contributed by atoms with van der Waals surface area (Å²) in [5.74, 6) is 0. The van der Waals surface area contributed by atoms with Crippen molar-refractivity contribution in [1.29, 1.82) is 0 Å². The molecule has 1 aliphatic rings. The molecule has 0 saturated carbocycles. The first kappa shape index (κ1) is 31.2. The van der Waals surface area contributed by atoms with Gasteiger partial charge in [-0.1, -0.05) is 180 Å². The van der Waals surface area contributed by atoms with Gasteiger partial charge in [0.15, 0.2) is 0 Å². The van der Waals surface area contributed by atoms with Gasteiger partial charge in [-0.3, -0.25) is 0 Å². The Hall–Kier alpha value is -7.16. The molecule has 0 amide bonds. The number of nitrogens with zero attached hydrogens (tertiary/aromatic N) is 1. The van der Waals surface area contributed by atoms with Crippen molar-refractivity contribution in [2.24, 2.45) is 0 Å². The molecule has 10 aromatic carbocycles. The number of rotatable bonds is 4. The van der Waals surface area contributed by atoms with Crippen LogP contribution in [0.15, 0.2) is 206 Å². The van der Waals surface area contributed by atoms with Crippen LogP contribution in [0.4, 0.5) is 0 Å². The van der Waals surface area contributed by atoms with Crippen LogP contribution in [0.1, 0.15) is 0 Å². The van der Waals surface area contributed by atoms with Crippen LogP contribution in [0.3, 0.4) is 0 Å². The van der Waals surface area contributed by atoms with E-state index in [9.17, 15) is 0 Å². The molecule has 2 heteroatoms. The van der Waals surface area contributed by atoms with E-state index >= 15 is 0 Å². The molecule has 0 unspecified atom stereocenters. The maximum absolute atomic E-state index is 2.42. The zero-order chi connectivity index (χ0) is 36.7. The number of para-hydroxylation sites is 2. The first-order valence-corrected chi connectivity index (χ1v) is 19.5. The summed E-state index contributed by atoms with van der Waals surface area (Å²) in [4.78, 5) is 0. The van der Waals surface area contributed by atoms with Gasteiger partial charge in [0.05, 0.1) is 11.0 Å². The van der Waals surface area contributed by atoms with Gasteiger partial charge in [-0.25, -0.2) is 0 Å². The van der Waals surface area contributed by atoms with E-state index in [4.69, 9.17) is 0 Å². The smallest absolute Gasteiger partial charge is 0.242 e. The molecule has 0 saturated heterocycles. The Labute approximate surface area is 325 Å². The van der Waals surface area contributed by atoms with Crippen LogP contribution in [-0.2, 0) is 0 Å². The normalized spacial score (nSPS) is 12.2. The minimum Gasteiger partial charge on any atom is -0.309 e. The molecule has 0 fully saturated rings. The van der Waals surface area contributed by atoms with Gasteiger partial charge >= 0.3 is 0 Å². The van der Waals surface area contributed by atoms with Gasteiger partial charge in [-0.15, -0.1) is 0 Å². The first-order valence-electron chi connectivity index (χ1n) is 19.5. The summed E-state index contributed by atoms with van der Waals surface area (Å²) in [5.41, 5.74) is 15.3. The maximum Gasteiger partial charge on any atom is 0.242 e. The molecule has 1 aliphatic heterocycles. The van der Waals surface area contributed by atoms with E-state index < -0.39 is 0 Å². The van der Waals surface area contributed by atoms with E-state index in [1.807, 2.05) is 0 Å². The average molecular weight is 708 g/mol. The Morgan fingerprint density at radius 3 is 1.61 bits per heavy atom. The topological polar surface area (TPSA) is 4.93 Å². The van der Waals surface area contributed by atoms with E-state index in [0.717, 1.165) is 0 Å². The molecule has 12 rings (SSSR count). The van der Waals surface area contributed by atoms with Crippen LogP contribution in [0, 0.1) is 0 Å². The van der Waals surface area contributed by atoms with Crippen LogP contribution in [0.2, 0.25) is 0 Å². The lowest BCUT2D eigenvalue weighted by Gasteiger charge is -2.15. The molecule has 0 radical (unpaired) electrons. The lowest BCUT2D eigenvalue weighted by Crippen LogP contribution is -2.48. The molecule has 0 atom stereocenters. The fourth-order valence-electron chi connectivity index (χ4n) is 9.73. The average Bonchev–Trinajstić information content (AvgIpc) is 3.79. The predicted octanol–water partition coefficient (Wildman–Crippen LogP) is 12.1. The molecular weight excluding hydrogens is 673 g/mol. The fraction of sp³-hybridized carbons (Fsp3) is 0. The molecule has 1 nitrogen and oxygen atoms in total. The van der Waals surface area contributed by atoms with Crippen LogP contribution in [0.25, 0.3) is 93.2 Å². The van der Waals surface area contributed by atoms with Gasteiger partial charge in [0.25, 0.3) is 0 Å². The monoisotopic (exact) mass is 707 g/mol. The summed E-state index contributed by atoms with van der Waals surface area (Å²) in [6.07, 6.45) is 0. The first-order chi connectivity index (χ1) is 27.8. The molecule has 11 aromatic rings. The maximum atomic E-state index is 2.42. The van der Waals surface area contributed by atoms with Crippen LogP contribution >= 0.6 is 0 Å². The predicted molar refractivity (Wildman–Crippen MR) is 241 cm³/mol. The molecular formula is C54H34BN. The Balaban J connectivity index is 0.968. The summed E-state index contributed by atoms with van der Waals surface area (Å²) >= 11 is 0. The van der Waals surface area contributed by atoms with Crippen molar-refractivity contribution in [2.45, 2.75) is 0 Å². The van der Waals surface area contributed by atoms with E-state index in [0.29, 0.717) is 0 Å². The summed E-state index contributed by atoms with van der Waals surface area (Å²) < 4.78 is 2.38. The second-order valence-electron chi connectivity index (χ2n) is 15.2. The highest BCUT2D eigenvalue weighted by Crippen LogP contribution is 2.38. The van der Waals surface area contributed by atoms with Gasteiger partial charge in [0.2, 0.25) is 6.71 Å². The number of hydrogen-bond acceptors (Lipinski definition) is 0. The lowest BCUT2D eigenvalue weighted by atomic mass is 9.39. The summed E-state index contributed by atoms with van der Waals surface area (Å²) in [6.45, 7) is 0.159. The van der Waals surface area contributed by atoms with Crippen LogP contribution in [-0.4, -0.2) is 11.3 Å². The standard InChI is InChI=1S/C54H34BN/c1-2-15-40(16-3-1)56-53-24-11-9-22-47(53)50-34-38(27-30-54(50)56)37-26-29-52-49(33-37)46-21-8-10-23-51(46)55(52)39-14-12-13-35(31-39)36-25-28-45-43-19-5-4-17-41(43)42-18-6-7-20-44(42)48(45)32-36/h1-34H. The van der Waals surface area contributed by atoms with Gasteiger partial charge in [-0.05, 0) is 108 Å². The number of benzene rings is 10. The molecule has 0 aliphatic carbocycles. The van der Waals surface area contributed by atoms with Crippen molar-refractivity contribution in [2.75, 3.05) is 0 Å². The van der Waals surface area contributed by atoms with Gasteiger partial charge in [0, 0.05) is 16.5 Å². The molecule has 2 heterocycles. The largest absolute Gasteiger partial charge is 0.309 e. The number of fused-ring (bicyclic) bond motifs is 12. The highest BCUT2D eigenvalue weighted by Gasteiger charge is 2.33. The number of hydrogen-bond donors (Lipinski definition) is 0. The summed E-state index contributed by atoms with van der Waals surface area (Å²) in [7, 11) is 0. The van der Waals surface area contributed by atoms with Crippen molar-refractivity contribution < 1.29 is 0 Å². The Morgan fingerprint density at radius 1 is 0.286 bits per heavy atom. The van der Waals surface area contributed by atoms with Crippen molar-refractivity contribution >= 4 is 77.2 Å². The highest BCUT2D eigenvalue weighted by atomic mass is 15.0. The van der Waals surface area contributed by atoms with E-state index in [-0.39, 0.29) is 6.71 Å². The number of aromatic nitrogens is 1. The third-order valence-electron chi connectivity index (χ3n) is 12.2. The van der Waals surface area contributed by atoms with Crippen LogP contribution in [0.5, 0.6) is 0 Å². The van der Waals surface area contributed by atoms with Gasteiger partial charge in [0.1, 0.15) is 0 Å². The highest BCUT2D eigenvalue weighted by molar-refractivity contribution is 6.99. The van der Waals surface area contributed by atoms with E-state index in [2.05, 4.69) is 211 Å². The molecule has 56 heavy (non-hydrogen) atoms. The van der Waals surface area contributed by atoms with Gasteiger partial charge in [-0.2, -0.15) is 0 Å². The minimum absolute atomic E-state index is 0.159. The zero-order valence-electron chi connectivity index (χ0n) is 30.7. The third kappa shape index (κ3) is 4.63. The zero-order valence-corrected chi connectivity index (χ0v) is 30.7. The Kier molecular flexibility index (Phi) is 6.79. The van der Waals surface area contributed by atoms with E-state index in [1.165, 1.54) is 110 Å². The molecule has 1 aromatic heterocycles. The summed E-state index contributed by atoms with van der Waals surface area (Å²) in [6, 6.07) is 76.5. The van der Waals surface area contributed by atoms with Crippen molar-refractivity contribution in [3.8, 4) is 39.1 Å².